The van der Waals surface area contributed by atoms with E-state index in [9.17, 15) is 0 Å². The number of hydrogen-bond donors (Lipinski definition) is 1. The monoisotopic (exact) mass is 275 g/mol. The van der Waals surface area contributed by atoms with Gasteiger partial charge in [-0.05, 0) is 92.4 Å². The summed E-state index contributed by atoms with van der Waals surface area (Å²) in [5, 5.41) is 3.84. The summed E-state index contributed by atoms with van der Waals surface area (Å²) in [6, 6.07) is 0.837. The lowest BCUT2D eigenvalue weighted by Crippen LogP contribution is -2.56. The van der Waals surface area contributed by atoms with Crippen LogP contribution in [0.15, 0.2) is 0 Å². The van der Waals surface area contributed by atoms with Crippen molar-refractivity contribution < 1.29 is 0 Å². The van der Waals surface area contributed by atoms with E-state index in [0.717, 1.165) is 24.4 Å². The second-order valence-electron chi connectivity index (χ2n) is 9.84. The van der Waals surface area contributed by atoms with E-state index in [1.54, 1.807) is 32.1 Å². The summed E-state index contributed by atoms with van der Waals surface area (Å²) >= 11 is 0. The van der Waals surface area contributed by atoms with Crippen molar-refractivity contribution in [2.75, 3.05) is 6.54 Å². The Balaban J connectivity index is 1.57. The average molecular weight is 275 g/mol. The van der Waals surface area contributed by atoms with E-state index in [-0.39, 0.29) is 0 Å². The smallest absolute Gasteiger partial charge is 0.0100 e. The molecule has 20 heavy (non-hydrogen) atoms. The molecule has 5 saturated carbocycles. The minimum Gasteiger partial charge on any atom is -0.314 e. The zero-order chi connectivity index (χ0) is 14.0. The highest BCUT2D eigenvalue weighted by atomic mass is 14.9. The van der Waals surface area contributed by atoms with Gasteiger partial charge >= 0.3 is 0 Å². The molecule has 0 radical (unpaired) electrons. The highest BCUT2D eigenvalue weighted by Gasteiger charge is 2.60. The van der Waals surface area contributed by atoms with E-state index in [1.807, 2.05) is 0 Å². The van der Waals surface area contributed by atoms with E-state index in [2.05, 4.69) is 26.1 Å². The summed E-state index contributed by atoms with van der Waals surface area (Å²) in [7, 11) is 0. The molecule has 5 rings (SSSR count). The molecule has 0 aromatic rings. The van der Waals surface area contributed by atoms with Crippen LogP contribution in [0.5, 0.6) is 0 Å². The number of rotatable bonds is 5. The summed E-state index contributed by atoms with van der Waals surface area (Å²) in [5.74, 6) is 2.08. The van der Waals surface area contributed by atoms with Crippen LogP contribution in [0, 0.1) is 28.1 Å². The third kappa shape index (κ3) is 2.25. The van der Waals surface area contributed by atoms with Crippen LogP contribution in [0.4, 0.5) is 0 Å². The minimum atomic E-state index is 0.689. The van der Waals surface area contributed by atoms with Crippen LogP contribution in [0.3, 0.4) is 0 Å². The fourth-order valence-electron chi connectivity index (χ4n) is 7.54. The van der Waals surface area contributed by atoms with Crippen LogP contribution in [0.1, 0.15) is 78.6 Å². The Morgan fingerprint density at radius 2 is 1.65 bits per heavy atom. The van der Waals surface area contributed by atoms with Gasteiger partial charge in [0.25, 0.3) is 0 Å². The molecule has 0 amide bonds. The third-order valence-corrected chi connectivity index (χ3v) is 7.05. The first-order valence-corrected chi connectivity index (χ1v) is 9.17. The van der Waals surface area contributed by atoms with Gasteiger partial charge in [0, 0.05) is 6.04 Å². The molecule has 0 spiro atoms. The van der Waals surface area contributed by atoms with Gasteiger partial charge in [0.2, 0.25) is 0 Å². The summed E-state index contributed by atoms with van der Waals surface area (Å²) in [4.78, 5) is 0. The van der Waals surface area contributed by atoms with E-state index in [0.29, 0.717) is 16.2 Å². The van der Waals surface area contributed by atoms with Crippen LogP contribution >= 0.6 is 0 Å². The van der Waals surface area contributed by atoms with Crippen molar-refractivity contribution in [3.05, 3.63) is 0 Å². The van der Waals surface area contributed by atoms with Crippen molar-refractivity contribution in [3.8, 4) is 0 Å². The fourth-order valence-corrected chi connectivity index (χ4v) is 7.54. The Morgan fingerprint density at radius 1 is 1.00 bits per heavy atom. The number of nitrogens with one attached hydrogen (secondary N) is 1. The van der Waals surface area contributed by atoms with Crippen LogP contribution in [-0.2, 0) is 0 Å². The highest BCUT2D eigenvalue weighted by molar-refractivity contribution is 5.11. The van der Waals surface area contributed by atoms with Gasteiger partial charge in [0.15, 0.2) is 0 Å². The van der Waals surface area contributed by atoms with E-state index in [1.165, 1.54) is 25.7 Å². The van der Waals surface area contributed by atoms with Gasteiger partial charge in [-0.15, -0.1) is 0 Å². The molecule has 114 valence electrons. The quantitative estimate of drug-likeness (QED) is 0.762. The van der Waals surface area contributed by atoms with Gasteiger partial charge in [-0.2, -0.15) is 0 Å². The lowest BCUT2D eigenvalue weighted by molar-refractivity contribution is -0.150. The zero-order valence-electron chi connectivity index (χ0n) is 13.8. The SMILES string of the molecule is CCNC(CC12CC3CC(C)(CC(C)(C3)C1)C2)C1CC1. The first-order valence-electron chi connectivity index (χ1n) is 9.17. The minimum absolute atomic E-state index is 0.689. The fraction of sp³-hybridized carbons (Fsp3) is 1.00. The van der Waals surface area contributed by atoms with Gasteiger partial charge < -0.3 is 5.32 Å². The molecule has 0 heterocycles. The van der Waals surface area contributed by atoms with Crippen molar-refractivity contribution >= 4 is 0 Å². The molecule has 1 heteroatoms. The van der Waals surface area contributed by atoms with Gasteiger partial charge in [0.1, 0.15) is 0 Å². The average Bonchev–Trinajstić information content (AvgIpc) is 3.05. The molecule has 1 nitrogen and oxygen atoms in total. The van der Waals surface area contributed by atoms with Gasteiger partial charge in [-0.3, -0.25) is 0 Å². The van der Waals surface area contributed by atoms with Crippen molar-refractivity contribution in [1.82, 2.24) is 5.32 Å². The van der Waals surface area contributed by atoms with E-state index < -0.39 is 0 Å². The molecular weight excluding hydrogens is 242 g/mol. The Bertz CT molecular complexity index is 379. The van der Waals surface area contributed by atoms with Gasteiger partial charge in [-0.25, -0.2) is 0 Å². The van der Waals surface area contributed by atoms with Crippen LogP contribution in [-0.4, -0.2) is 12.6 Å². The number of hydrogen-bond acceptors (Lipinski definition) is 1. The molecule has 0 saturated heterocycles. The first kappa shape index (κ1) is 13.6. The second-order valence-corrected chi connectivity index (χ2v) is 9.84. The molecule has 0 aromatic heterocycles. The molecule has 0 aromatic carbocycles. The van der Waals surface area contributed by atoms with E-state index in [4.69, 9.17) is 0 Å². The third-order valence-electron chi connectivity index (χ3n) is 7.05. The largest absolute Gasteiger partial charge is 0.314 e. The summed E-state index contributed by atoms with van der Waals surface area (Å²) in [6.07, 6.45) is 13.7. The van der Waals surface area contributed by atoms with Crippen LogP contribution in [0.25, 0.3) is 0 Å². The summed E-state index contributed by atoms with van der Waals surface area (Å²) in [6.45, 7) is 8.68. The van der Waals surface area contributed by atoms with Crippen molar-refractivity contribution in [2.24, 2.45) is 28.1 Å². The highest BCUT2D eigenvalue weighted by Crippen LogP contribution is 2.70. The zero-order valence-corrected chi connectivity index (χ0v) is 13.8. The van der Waals surface area contributed by atoms with Gasteiger partial charge in [-0.1, -0.05) is 20.8 Å². The van der Waals surface area contributed by atoms with Crippen molar-refractivity contribution in [1.29, 1.82) is 0 Å². The molecule has 0 aliphatic heterocycles. The summed E-state index contributed by atoms with van der Waals surface area (Å²) in [5.41, 5.74) is 2.08. The molecule has 5 aliphatic rings. The van der Waals surface area contributed by atoms with Gasteiger partial charge in [0.05, 0.1) is 0 Å². The Hall–Kier alpha value is -0.0400. The molecule has 5 aliphatic carbocycles. The van der Waals surface area contributed by atoms with Crippen LogP contribution < -0.4 is 5.32 Å². The Labute approximate surface area is 125 Å². The maximum Gasteiger partial charge on any atom is 0.0100 e. The second kappa shape index (κ2) is 4.24. The van der Waals surface area contributed by atoms with Crippen molar-refractivity contribution in [3.63, 3.8) is 0 Å². The van der Waals surface area contributed by atoms with Crippen LogP contribution in [0.2, 0.25) is 0 Å². The maximum absolute atomic E-state index is 3.84. The molecular formula is C19H33N. The predicted molar refractivity (Wildman–Crippen MR) is 84.6 cm³/mol. The Morgan fingerprint density at radius 3 is 2.15 bits per heavy atom. The maximum atomic E-state index is 3.84. The molecule has 4 bridgehead atoms. The molecule has 5 fully saturated rings. The summed E-state index contributed by atoms with van der Waals surface area (Å²) < 4.78 is 0. The topological polar surface area (TPSA) is 12.0 Å². The lowest BCUT2D eigenvalue weighted by Gasteiger charge is -2.66. The molecule has 3 atom stereocenters. The lowest BCUT2D eigenvalue weighted by atomic mass is 9.39. The molecule has 3 unspecified atom stereocenters. The molecule has 1 N–H and O–H groups in total. The first-order chi connectivity index (χ1) is 9.43. The standard InChI is InChI=1S/C19H33N/c1-4-20-16(15-5-6-15)10-19-9-14-7-17(2,12-19)11-18(3,8-14)13-19/h14-16,20H,4-13H2,1-3H3. The normalized spacial score (nSPS) is 51.5. The van der Waals surface area contributed by atoms with Crippen molar-refractivity contribution in [2.45, 2.75) is 84.6 Å². The predicted octanol–water partition coefficient (Wildman–Crippen LogP) is 4.76. The van der Waals surface area contributed by atoms with E-state index >= 15 is 0 Å². The Kier molecular flexibility index (Phi) is 2.89.